The van der Waals surface area contributed by atoms with Crippen molar-refractivity contribution < 1.29 is 0 Å². The Morgan fingerprint density at radius 1 is 1.00 bits per heavy atom. The molecule has 6 rings (SSSR count). The first kappa shape index (κ1) is 14.2. The Labute approximate surface area is 142 Å². The van der Waals surface area contributed by atoms with Crippen molar-refractivity contribution in [3.8, 4) is 0 Å². The lowest BCUT2D eigenvalue weighted by atomic mass is 9.54. The van der Waals surface area contributed by atoms with Gasteiger partial charge in [-0.2, -0.15) is 0 Å². The maximum atomic E-state index is 6.42. The van der Waals surface area contributed by atoms with E-state index >= 15 is 0 Å². The third kappa shape index (κ3) is 2.47. The van der Waals surface area contributed by atoms with Gasteiger partial charge in [0.25, 0.3) is 0 Å². The molecule has 4 saturated carbocycles. The smallest absolute Gasteiger partial charge is 0.134 e. The van der Waals surface area contributed by atoms with Gasteiger partial charge in [0.05, 0.1) is 5.52 Å². The number of pyridine rings is 1. The van der Waals surface area contributed by atoms with Crippen LogP contribution in [-0.2, 0) is 6.54 Å². The maximum absolute atomic E-state index is 6.42. The van der Waals surface area contributed by atoms with E-state index in [1.807, 2.05) is 12.1 Å². The Kier molecular flexibility index (Phi) is 3.38. The number of para-hydroxylation sites is 1. The number of halogens is 1. The Bertz CT molecular complexity index is 713. The second kappa shape index (κ2) is 5.46. The SMILES string of the molecule is Clc1nc2ccccc2cc1CNC1C2CC3CC(C2)CC1C3. The Morgan fingerprint density at radius 2 is 1.70 bits per heavy atom. The van der Waals surface area contributed by atoms with Crippen molar-refractivity contribution in [2.75, 3.05) is 0 Å². The highest BCUT2D eigenvalue weighted by Gasteiger charge is 2.47. The van der Waals surface area contributed by atoms with Crippen LogP contribution < -0.4 is 5.32 Å². The van der Waals surface area contributed by atoms with Gasteiger partial charge in [0.2, 0.25) is 0 Å². The number of hydrogen-bond acceptors (Lipinski definition) is 2. The van der Waals surface area contributed by atoms with Gasteiger partial charge in [0, 0.05) is 23.5 Å². The van der Waals surface area contributed by atoms with Crippen LogP contribution in [-0.4, -0.2) is 11.0 Å². The fourth-order valence-electron chi connectivity index (χ4n) is 5.75. The van der Waals surface area contributed by atoms with Crippen LogP contribution in [0.3, 0.4) is 0 Å². The Balaban J connectivity index is 1.35. The molecule has 0 spiro atoms. The molecule has 1 aromatic heterocycles. The second-order valence-corrected chi connectivity index (χ2v) is 8.33. The van der Waals surface area contributed by atoms with Gasteiger partial charge in [-0.05, 0) is 67.9 Å². The van der Waals surface area contributed by atoms with Crippen LogP contribution >= 0.6 is 11.6 Å². The molecule has 0 amide bonds. The monoisotopic (exact) mass is 326 g/mol. The molecule has 1 aromatic carbocycles. The van der Waals surface area contributed by atoms with Crippen LogP contribution in [0.2, 0.25) is 5.15 Å². The van der Waals surface area contributed by atoms with E-state index in [1.165, 1.54) is 37.5 Å². The lowest BCUT2D eigenvalue weighted by Gasteiger charge is -2.54. The summed E-state index contributed by atoms with van der Waals surface area (Å²) < 4.78 is 0. The molecule has 0 atom stereocenters. The Morgan fingerprint density at radius 3 is 2.43 bits per heavy atom. The summed E-state index contributed by atoms with van der Waals surface area (Å²) in [7, 11) is 0. The van der Waals surface area contributed by atoms with E-state index in [4.69, 9.17) is 11.6 Å². The predicted molar refractivity (Wildman–Crippen MR) is 94.4 cm³/mol. The van der Waals surface area contributed by atoms with Gasteiger partial charge in [-0.25, -0.2) is 4.98 Å². The van der Waals surface area contributed by atoms with Gasteiger partial charge in [0.1, 0.15) is 5.15 Å². The molecule has 0 unspecified atom stereocenters. The molecule has 23 heavy (non-hydrogen) atoms. The topological polar surface area (TPSA) is 24.9 Å². The highest BCUT2D eigenvalue weighted by molar-refractivity contribution is 6.30. The summed E-state index contributed by atoms with van der Waals surface area (Å²) in [6.45, 7) is 0.851. The van der Waals surface area contributed by atoms with Crippen molar-refractivity contribution >= 4 is 22.5 Å². The molecule has 4 bridgehead atoms. The molecule has 0 saturated heterocycles. The molecule has 3 heteroatoms. The highest BCUT2D eigenvalue weighted by Crippen LogP contribution is 2.53. The summed E-state index contributed by atoms with van der Waals surface area (Å²) >= 11 is 6.42. The molecular formula is C20H23ClN2. The quantitative estimate of drug-likeness (QED) is 0.819. The summed E-state index contributed by atoms with van der Waals surface area (Å²) in [6, 6.07) is 11.1. The fourth-order valence-corrected chi connectivity index (χ4v) is 5.96. The molecule has 120 valence electrons. The summed E-state index contributed by atoms with van der Waals surface area (Å²) in [5.41, 5.74) is 2.12. The molecule has 4 fully saturated rings. The van der Waals surface area contributed by atoms with Crippen LogP contribution in [0.4, 0.5) is 0 Å². The largest absolute Gasteiger partial charge is 0.309 e. The number of aromatic nitrogens is 1. The summed E-state index contributed by atoms with van der Waals surface area (Å²) in [5.74, 6) is 3.86. The van der Waals surface area contributed by atoms with Crippen LogP contribution in [0, 0.1) is 23.7 Å². The van der Waals surface area contributed by atoms with E-state index in [-0.39, 0.29) is 0 Å². The number of rotatable bonds is 3. The van der Waals surface area contributed by atoms with E-state index < -0.39 is 0 Å². The van der Waals surface area contributed by atoms with Crippen molar-refractivity contribution in [3.05, 3.63) is 41.0 Å². The molecule has 2 aromatic rings. The molecule has 1 N–H and O–H groups in total. The van der Waals surface area contributed by atoms with Crippen molar-refractivity contribution in [3.63, 3.8) is 0 Å². The average molecular weight is 327 g/mol. The Hall–Kier alpha value is -1.12. The number of hydrogen-bond donors (Lipinski definition) is 1. The number of fused-ring (bicyclic) bond motifs is 1. The van der Waals surface area contributed by atoms with Crippen molar-refractivity contribution in [2.45, 2.75) is 44.7 Å². The van der Waals surface area contributed by atoms with Crippen LogP contribution in [0.1, 0.15) is 37.7 Å². The molecule has 0 aliphatic heterocycles. The summed E-state index contributed by atoms with van der Waals surface area (Å²) in [4.78, 5) is 4.56. The number of nitrogens with zero attached hydrogens (tertiary/aromatic N) is 1. The molecule has 0 radical (unpaired) electrons. The van der Waals surface area contributed by atoms with E-state index in [0.717, 1.165) is 41.3 Å². The first-order valence-electron chi connectivity index (χ1n) is 9.04. The minimum absolute atomic E-state index is 0.653. The molecular weight excluding hydrogens is 304 g/mol. The van der Waals surface area contributed by atoms with Gasteiger partial charge < -0.3 is 5.32 Å². The third-order valence-corrected chi connectivity index (χ3v) is 6.83. The standard InChI is InChI=1S/C20H23ClN2/c21-20-17(10-14-3-1-2-4-18(14)23-20)11-22-19-15-6-12-5-13(8-15)9-16(19)7-12/h1-4,10,12-13,15-16,19,22H,5-9,11H2. The van der Waals surface area contributed by atoms with Gasteiger partial charge >= 0.3 is 0 Å². The second-order valence-electron chi connectivity index (χ2n) is 7.97. The zero-order valence-corrected chi connectivity index (χ0v) is 14.1. The zero-order valence-electron chi connectivity index (χ0n) is 13.3. The summed E-state index contributed by atoms with van der Waals surface area (Å²) in [5, 5.41) is 5.69. The number of nitrogens with one attached hydrogen (secondary N) is 1. The highest BCUT2D eigenvalue weighted by atomic mass is 35.5. The lowest BCUT2D eigenvalue weighted by molar-refractivity contribution is -0.0142. The van der Waals surface area contributed by atoms with Crippen LogP contribution in [0.15, 0.2) is 30.3 Å². The fraction of sp³-hybridized carbons (Fsp3) is 0.550. The molecule has 4 aliphatic carbocycles. The van der Waals surface area contributed by atoms with Crippen LogP contribution in [0.5, 0.6) is 0 Å². The maximum Gasteiger partial charge on any atom is 0.134 e. The van der Waals surface area contributed by atoms with Gasteiger partial charge in [-0.3, -0.25) is 0 Å². The molecule has 1 heterocycles. The molecule has 2 nitrogen and oxygen atoms in total. The molecule has 4 aliphatic rings. The van der Waals surface area contributed by atoms with E-state index in [1.54, 1.807) is 0 Å². The van der Waals surface area contributed by atoms with E-state index in [9.17, 15) is 0 Å². The average Bonchev–Trinajstić information content (AvgIpc) is 2.54. The summed E-state index contributed by atoms with van der Waals surface area (Å²) in [6.07, 6.45) is 7.33. The predicted octanol–water partition coefficient (Wildman–Crippen LogP) is 4.80. The van der Waals surface area contributed by atoms with Crippen molar-refractivity contribution in [1.82, 2.24) is 10.3 Å². The zero-order chi connectivity index (χ0) is 15.4. The lowest BCUT2D eigenvalue weighted by Crippen LogP contribution is -2.54. The third-order valence-electron chi connectivity index (χ3n) is 6.51. The van der Waals surface area contributed by atoms with E-state index in [2.05, 4.69) is 28.5 Å². The minimum Gasteiger partial charge on any atom is -0.309 e. The number of benzene rings is 1. The normalized spacial score (nSPS) is 35.1. The van der Waals surface area contributed by atoms with Gasteiger partial charge in [0.15, 0.2) is 0 Å². The van der Waals surface area contributed by atoms with Gasteiger partial charge in [-0.15, -0.1) is 0 Å². The first-order chi connectivity index (χ1) is 11.3. The van der Waals surface area contributed by atoms with Crippen molar-refractivity contribution in [1.29, 1.82) is 0 Å². The van der Waals surface area contributed by atoms with Crippen LogP contribution in [0.25, 0.3) is 10.9 Å². The van der Waals surface area contributed by atoms with Gasteiger partial charge in [-0.1, -0.05) is 29.8 Å². The minimum atomic E-state index is 0.653. The van der Waals surface area contributed by atoms with Crippen molar-refractivity contribution in [2.24, 2.45) is 23.7 Å². The van der Waals surface area contributed by atoms with E-state index in [0.29, 0.717) is 11.2 Å². The first-order valence-corrected chi connectivity index (χ1v) is 9.41.